The molecule has 0 aromatic heterocycles. The molecule has 1 aliphatic heterocycles. The van der Waals surface area contributed by atoms with Gasteiger partial charge in [0.05, 0.1) is 7.11 Å². The van der Waals surface area contributed by atoms with Gasteiger partial charge >= 0.3 is 0 Å². The van der Waals surface area contributed by atoms with E-state index < -0.39 is 0 Å². The zero-order chi connectivity index (χ0) is 15.5. The lowest BCUT2D eigenvalue weighted by molar-refractivity contribution is 0.244. The lowest BCUT2D eigenvalue weighted by atomic mass is 10.0. The molecule has 0 amide bonds. The van der Waals surface area contributed by atoms with Crippen LogP contribution in [0.4, 0.5) is 4.39 Å². The Kier molecular flexibility index (Phi) is 4.79. The summed E-state index contributed by atoms with van der Waals surface area (Å²) < 4.78 is 19.7. The number of likely N-dealkylation sites (tertiary alicyclic amines) is 1. The Balaban J connectivity index is 1.82. The first-order valence-corrected chi connectivity index (χ1v) is 8.28. The average Bonchev–Trinajstić information content (AvgIpc) is 2.96. The highest BCUT2D eigenvalue weighted by Gasteiger charge is 2.26. The second kappa shape index (κ2) is 6.80. The maximum Gasteiger partial charge on any atom is 0.123 e. The fourth-order valence-electron chi connectivity index (χ4n) is 3.17. The molecule has 22 heavy (non-hydrogen) atoms. The van der Waals surface area contributed by atoms with Crippen molar-refractivity contribution < 1.29 is 9.13 Å². The Morgan fingerprint density at radius 2 is 2.00 bits per heavy atom. The van der Waals surface area contributed by atoms with Crippen LogP contribution in [0.25, 0.3) is 0 Å². The molecule has 0 bridgehead atoms. The molecule has 0 radical (unpaired) electrons. The molecule has 2 aromatic carbocycles. The Bertz CT molecular complexity index is 644. The summed E-state index contributed by atoms with van der Waals surface area (Å²) in [6, 6.07) is 13.3. The summed E-state index contributed by atoms with van der Waals surface area (Å²) >= 11 is 3.53. The Morgan fingerprint density at radius 1 is 1.23 bits per heavy atom. The molecule has 1 unspecified atom stereocenters. The van der Waals surface area contributed by atoms with Gasteiger partial charge in [-0.3, -0.25) is 4.90 Å². The molecular formula is C18H19BrFNO. The molecule has 1 atom stereocenters. The topological polar surface area (TPSA) is 12.5 Å². The molecule has 1 fully saturated rings. The largest absolute Gasteiger partial charge is 0.496 e. The van der Waals surface area contributed by atoms with Crippen LogP contribution in [0.2, 0.25) is 0 Å². The van der Waals surface area contributed by atoms with Crippen LogP contribution in [0, 0.1) is 5.82 Å². The lowest BCUT2D eigenvalue weighted by Gasteiger charge is -2.25. The number of hydrogen-bond donors (Lipinski definition) is 0. The summed E-state index contributed by atoms with van der Waals surface area (Å²) in [6.45, 7) is 1.89. The van der Waals surface area contributed by atoms with Gasteiger partial charge in [-0.2, -0.15) is 0 Å². The molecule has 2 aromatic rings. The molecule has 1 heterocycles. The van der Waals surface area contributed by atoms with Crippen molar-refractivity contribution in [3.05, 3.63) is 63.9 Å². The van der Waals surface area contributed by atoms with E-state index in [0.717, 1.165) is 29.7 Å². The van der Waals surface area contributed by atoms with Gasteiger partial charge in [-0.1, -0.05) is 28.1 Å². The van der Waals surface area contributed by atoms with E-state index in [4.69, 9.17) is 4.74 Å². The van der Waals surface area contributed by atoms with Crippen molar-refractivity contribution >= 4 is 15.9 Å². The Hall–Kier alpha value is -1.39. The number of hydrogen-bond acceptors (Lipinski definition) is 2. The second-order valence-electron chi connectivity index (χ2n) is 5.64. The molecule has 1 aliphatic rings. The molecular weight excluding hydrogens is 345 g/mol. The van der Waals surface area contributed by atoms with Crippen LogP contribution in [-0.2, 0) is 6.54 Å². The van der Waals surface area contributed by atoms with E-state index in [9.17, 15) is 4.39 Å². The number of halogens is 2. The number of methoxy groups -OCH3 is 1. The molecule has 0 saturated carbocycles. The quantitative estimate of drug-likeness (QED) is 0.763. The van der Waals surface area contributed by atoms with Crippen molar-refractivity contribution in [1.82, 2.24) is 4.90 Å². The molecule has 0 aliphatic carbocycles. The zero-order valence-corrected chi connectivity index (χ0v) is 14.1. The third-order valence-electron chi connectivity index (χ3n) is 4.23. The SMILES string of the molecule is COc1ccc(Br)cc1CN1CCCC1c1ccc(F)cc1. The standard InChI is InChI=1S/C18H19BrFNO/c1-22-18-9-6-15(19)11-14(18)12-21-10-2-3-17(21)13-4-7-16(20)8-5-13/h4-9,11,17H,2-3,10,12H2,1H3. The summed E-state index contributed by atoms with van der Waals surface area (Å²) in [4.78, 5) is 2.44. The fourth-order valence-corrected chi connectivity index (χ4v) is 3.58. The number of rotatable bonds is 4. The first-order valence-electron chi connectivity index (χ1n) is 7.49. The number of nitrogens with zero attached hydrogens (tertiary/aromatic N) is 1. The molecule has 2 nitrogen and oxygen atoms in total. The predicted octanol–water partition coefficient (Wildman–Crippen LogP) is 4.93. The third-order valence-corrected chi connectivity index (χ3v) is 4.73. The second-order valence-corrected chi connectivity index (χ2v) is 6.55. The molecule has 1 saturated heterocycles. The summed E-state index contributed by atoms with van der Waals surface area (Å²) in [5.74, 6) is 0.731. The Labute approximate surface area is 139 Å². The summed E-state index contributed by atoms with van der Waals surface area (Å²) in [6.07, 6.45) is 2.28. The monoisotopic (exact) mass is 363 g/mol. The predicted molar refractivity (Wildman–Crippen MR) is 89.5 cm³/mol. The van der Waals surface area contributed by atoms with E-state index in [1.807, 2.05) is 24.3 Å². The smallest absolute Gasteiger partial charge is 0.123 e. The number of benzene rings is 2. The highest BCUT2D eigenvalue weighted by Crippen LogP contribution is 2.35. The molecule has 4 heteroatoms. The summed E-state index contributed by atoms with van der Waals surface area (Å²) in [5, 5.41) is 0. The van der Waals surface area contributed by atoms with Crippen molar-refractivity contribution in [3.63, 3.8) is 0 Å². The van der Waals surface area contributed by atoms with Gasteiger partial charge in [0.25, 0.3) is 0 Å². The van der Waals surface area contributed by atoms with Crippen molar-refractivity contribution in [2.45, 2.75) is 25.4 Å². The van der Waals surface area contributed by atoms with Gasteiger partial charge in [-0.05, 0) is 55.3 Å². The average molecular weight is 364 g/mol. The molecule has 0 N–H and O–H groups in total. The van der Waals surface area contributed by atoms with Crippen LogP contribution in [0.1, 0.15) is 30.0 Å². The van der Waals surface area contributed by atoms with Crippen molar-refractivity contribution in [1.29, 1.82) is 0 Å². The van der Waals surface area contributed by atoms with Crippen LogP contribution in [0.15, 0.2) is 46.9 Å². The first-order chi connectivity index (χ1) is 10.7. The van der Waals surface area contributed by atoms with Crippen molar-refractivity contribution in [2.24, 2.45) is 0 Å². The number of ether oxygens (including phenoxy) is 1. The van der Waals surface area contributed by atoms with Crippen molar-refractivity contribution in [2.75, 3.05) is 13.7 Å². The van der Waals surface area contributed by atoms with Crippen LogP contribution in [0.5, 0.6) is 5.75 Å². The summed E-state index contributed by atoms with van der Waals surface area (Å²) in [7, 11) is 1.70. The van der Waals surface area contributed by atoms with Gasteiger partial charge in [0, 0.05) is 22.6 Å². The maximum atomic E-state index is 13.1. The molecule has 3 rings (SSSR count). The van der Waals surface area contributed by atoms with Gasteiger partial charge in [0.15, 0.2) is 0 Å². The van der Waals surface area contributed by atoms with Gasteiger partial charge in [-0.25, -0.2) is 4.39 Å². The lowest BCUT2D eigenvalue weighted by Crippen LogP contribution is -2.23. The van der Waals surface area contributed by atoms with Gasteiger partial charge < -0.3 is 4.74 Å². The third kappa shape index (κ3) is 3.33. The van der Waals surface area contributed by atoms with Crippen molar-refractivity contribution in [3.8, 4) is 5.75 Å². The van der Waals surface area contributed by atoms with E-state index in [2.05, 4.69) is 26.9 Å². The van der Waals surface area contributed by atoms with Crippen LogP contribution in [-0.4, -0.2) is 18.6 Å². The van der Waals surface area contributed by atoms with Gasteiger partial charge in [0.2, 0.25) is 0 Å². The van der Waals surface area contributed by atoms with Crippen LogP contribution < -0.4 is 4.74 Å². The zero-order valence-electron chi connectivity index (χ0n) is 12.6. The van der Waals surface area contributed by atoms with E-state index >= 15 is 0 Å². The van der Waals surface area contributed by atoms with E-state index in [-0.39, 0.29) is 5.82 Å². The van der Waals surface area contributed by atoms with Crippen LogP contribution >= 0.6 is 15.9 Å². The normalized spacial score (nSPS) is 18.6. The summed E-state index contributed by atoms with van der Waals surface area (Å²) in [5.41, 5.74) is 2.36. The van der Waals surface area contributed by atoms with Crippen LogP contribution in [0.3, 0.4) is 0 Å². The minimum absolute atomic E-state index is 0.179. The van der Waals surface area contributed by atoms with Gasteiger partial charge in [-0.15, -0.1) is 0 Å². The fraction of sp³-hybridized carbons (Fsp3) is 0.333. The highest BCUT2D eigenvalue weighted by atomic mass is 79.9. The maximum absolute atomic E-state index is 13.1. The van der Waals surface area contributed by atoms with E-state index in [1.54, 1.807) is 19.2 Å². The highest BCUT2D eigenvalue weighted by molar-refractivity contribution is 9.10. The molecule has 0 spiro atoms. The van der Waals surface area contributed by atoms with Gasteiger partial charge in [0.1, 0.15) is 11.6 Å². The van der Waals surface area contributed by atoms with E-state index in [0.29, 0.717) is 6.04 Å². The Morgan fingerprint density at radius 3 is 2.73 bits per heavy atom. The van der Waals surface area contributed by atoms with E-state index in [1.165, 1.54) is 17.5 Å². The molecule has 116 valence electrons. The minimum Gasteiger partial charge on any atom is -0.496 e. The minimum atomic E-state index is -0.179. The first kappa shape index (κ1) is 15.5.